The number of carboxylic acids is 1. The molecule has 1 aliphatic rings. The number of Topliss-reactive ketones (excluding diaryl/α,β-unsaturated/α-hetero) is 1. The third kappa shape index (κ3) is 23.6. The molecule has 10 aromatic heterocycles. The molecule has 1 saturated heterocycles. The van der Waals surface area contributed by atoms with Gasteiger partial charge in [0.1, 0.15) is 37.5 Å². The Morgan fingerprint density at radius 1 is 0.496 bits per heavy atom. The quantitative estimate of drug-likeness (QED) is 0.0125. The molecule has 0 bridgehead atoms. The number of primary amides is 1. The first-order chi connectivity index (χ1) is 59.2. The number of amides is 1. The number of aliphatic carboxylic acids is 1. The van der Waals surface area contributed by atoms with Crippen LogP contribution < -0.4 is 33.5 Å². The average Bonchev–Trinajstić information content (AvgIpc) is 1.67. The number of thioether (sulfide) groups is 5. The molecule has 35 nitrogen and oxygen atoms in total. The molecule has 5 aromatic carbocycles. The lowest BCUT2D eigenvalue weighted by Gasteiger charge is -2.26. The minimum atomic E-state index is -1.11. The maximum absolute atomic E-state index is 12.6. The van der Waals surface area contributed by atoms with Gasteiger partial charge in [-0.15, -0.1) is 0 Å². The number of carbonyl (C=O) groups is 3. The summed E-state index contributed by atoms with van der Waals surface area (Å²) in [5.74, 6) is -0.0463. The van der Waals surface area contributed by atoms with Gasteiger partial charge in [0.05, 0.1) is 113 Å². The summed E-state index contributed by atoms with van der Waals surface area (Å²) in [5, 5.41) is 53.1. The predicted octanol–water partition coefficient (Wildman–Crippen LogP) is 10.8. The van der Waals surface area contributed by atoms with Gasteiger partial charge in [0.15, 0.2) is 54.0 Å². The summed E-state index contributed by atoms with van der Waals surface area (Å²) in [6.45, 7) is 11.7. The number of halogens is 4. The fourth-order valence-corrected chi connectivity index (χ4v) is 16.3. The van der Waals surface area contributed by atoms with E-state index in [2.05, 4.69) is 80.2 Å². The van der Waals surface area contributed by atoms with Crippen LogP contribution in [0.4, 0.5) is 0 Å². The second kappa shape index (κ2) is 43.0. The Bertz CT molecular complexity index is 6560. The zero-order chi connectivity index (χ0) is 87.4. The van der Waals surface area contributed by atoms with Crippen LogP contribution in [0, 0.1) is 0 Å². The molecule has 44 heteroatoms. The van der Waals surface area contributed by atoms with E-state index in [0.717, 1.165) is 74.2 Å². The van der Waals surface area contributed by atoms with Gasteiger partial charge in [0, 0.05) is 47.7 Å². The first-order valence-corrected chi connectivity index (χ1v) is 43.7. The highest BCUT2D eigenvalue weighted by Crippen LogP contribution is 2.32. The third-order valence-corrected chi connectivity index (χ3v) is 23.9. The van der Waals surface area contributed by atoms with Crippen LogP contribution in [0.1, 0.15) is 47.0 Å². The summed E-state index contributed by atoms with van der Waals surface area (Å²) in [6, 6.07) is 38.0. The van der Waals surface area contributed by atoms with Gasteiger partial charge < -0.3 is 55.4 Å². The molecule has 16 rings (SSSR count). The lowest BCUT2D eigenvalue weighted by atomic mass is 10.1. The molecule has 640 valence electrons. The SMILES string of the molecule is CC(C)(Sc1nc2c(cnn2-c2ccccc2)c(=O)[nH]1)C(=O)O.CC(Sc1nc2c(cnn2-c2ccc(Cl)cc2)c(=O)[nH]1)C(N)=O.CC(Sc1nc2c(cnn2-c2cccc(Cl)c2)c(=O)[nH]1)C(=O)CCCN1CCOCC1.O=c1[nH]c(SCCCO)nc2c1cnn2-c1ccccc1Cl.O=c1[nH]c(SCCOCCO)nc2c1cnn2-c1ccccc1Cl. The van der Waals surface area contributed by atoms with Crippen LogP contribution in [0.15, 0.2) is 208 Å². The summed E-state index contributed by atoms with van der Waals surface area (Å²) < 4.78 is 17.2. The lowest BCUT2D eigenvalue weighted by molar-refractivity contribution is -0.139. The van der Waals surface area contributed by atoms with Crippen molar-refractivity contribution >= 4 is 178 Å². The molecule has 1 amide bonds. The first kappa shape index (κ1) is 91.4. The van der Waals surface area contributed by atoms with E-state index < -0.39 is 21.9 Å². The topological polar surface area (TPSA) is 477 Å². The van der Waals surface area contributed by atoms with E-state index in [0.29, 0.717) is 151 Å². The number of benzene rings is 5. The standard InChI is InChI=1S/C21H24ClN5O3S.C15H15ClN4O3S.C15H14N4O3S.C14H12ClN5O2S.C14H13ClN4O2S/c1-14(18(28)6-3-7-26-8-10-30-11-9-26)31-21-24-19-17(20(29)25-21)13-23-27(19)16-5-2-4-15(22)12-16;16-11-3-1-2-4-12(11)20-13-10(9-17-20)14(22)19-15(18-13)24-8-7-23-6-5-21;1-15(2,13(21)22)23-14-17-11-10(12(20)18-14)8-16-19(11)9-6-4-3-5-7-9;1-7(11(16)21)23-14-18-12-10(13(22)19-14)6-17-20(12)9-4-2-8(15)3-5-9;15-10-4-1-2-5-11(10)19-12-9(8-16-19)13(21)18-14(17-12)22-7-3-6-20/h2,4-5,12-14H,3,6-11H2,1H3,(H,24,25,29);1-4,9,21H,5-8H2,(H,18,19,22);3-8H,1-2H3,(H,21,22)(H,17,18,20);2-7H,1H3,(H2,16,21)(H,18,19,22);1-2,4-5,8,20H,3,6-7H2,(H,17,18,21). The zero-order valence-corrected chi connectivity index (χ0v) is 72.9. The summed E-state index contributed by atoms with van der Waals surface area (Å²) >= 11 is 30.5. The molecule has 123 heavy (non-hydrogen) atoms. The van der Waals surface area contributed by atoms with Gasteiger partial charge in [-0.1, -0.05) is 154 Å². The number of fused-ring (bicyclic) bond motifs is 5. The molecule has 10 N–H and O–H groups in total. The fourth-order valence-electron chi connectivity index (χ4n) is 11.6. The van der Waals surface area contributed by atoms with E-state index in [9.17, 15) is 43.5 Å². The number of hydrogen-bond donors (Lipinski definition) is 9. The number of rotatable bonds is 28. The Kier molecular flexibility index (Phi) is 31.9. The van der Waals surface area contributed by atoms with Crippen LogP contribution >= 0.6 is 105 Å². The lowest BCUT2D eigenvalue weighted by Crippen LogP contribution is -2.37. The van der Waals surface area contributed by atoms with Crippen molar-refractivity contribution in [2.45, 2.75) is 88.0 Å². The van der Waals surface area contributed by atoms with Crippen molar-refractivity contribution in [3.63, 3.8) is 0 Å². The van der Waals surface area contributed by atoms with E-state index in [4.69, 9.17) is 71.8 Å². The van der Waals surface area contributed by atoms with Gasteiger partial charge in [-0.25, -0.2) is 48.3 Å². The van der Waals surface area contributed by atoms with Crippen LogP contribution in [-0.2, 0) is 23.9 Å². The number of carboxylic acid groups (broad SMARTS) is 1. The highest BCUT2D eigenvalue weighted by Gasteiger charge is 2.31. The number of nitrogens with one attached hydrogen (secondary N) is 5. The number of aromatic amines is 5. The van der Waals surface area contributed by atoms with Crippen molar-refractivity contribution in [2.24, 2.45) is 5.73 Å². The molecular formula is C79H78Cl4N22O13S5. The van der Waals surface area contributed by atoms with Crippen molar-refractivity contribution in [1.82, 2.24) is 104 Å². The molecule has 0 aliphatic carbocycles. The Morgan fingerprint density at radius 3 is 1.40 bits per heavy atom. The Labute approximate surface area is 738 Å². The molecule has 15 aromatic rings. The number of aliphatic hydroxyl groups excluding tert-OH is 2. The van der Waals surface area contributed by atoms with Crippen LogP contribution in [-0.4, -0.2) is 223 Å². The number of ketones is 1. The first-order valence-electron chi connectivity index (χ1n) is 37.7. The van der Waals surface area contributed by atoms with Crippen molar-refractivity contribution in [3.8, 4) is 28.4 Å². The molecule has 0 spiro atoms. The molecular weight excluding hydrogens is 1770 g/mol. The summed E-state index contributed by atoms with van der Waals surface area (Å²) in [5.41, 5.74) is 9.46. The molecule has 11 heterocycles. The molecule has 1 fully saturated rings. The number of aromatic nitrogens is 20. The summed E-state index contributed by atoms with van der Waals surface area (Å²) in [4.78, 5) is 134. The van der Waals surface area contributed by atoms with Gasteiger partial charge in [-0.3, -0.25) is 43.3 Å². The molecule has 2 unspecified atom stereocenters. The number of nitrogens with two attached hydrogens (primary N) is 1. The maximum Gasteiger partial charge on any atom is 0.319 e. The molecule has 0 saturated carbocycles. The monoisotopic (exact) mass is 1840 g/mol. The Morgan fingerprint density at radius 2 is 0.919 bits per heavy atom. The number of H-pyrrole nitrogens is 5. The van der Waals surface area contributed by atoms with Crippen LogP contribution in [0.25, 0.3) is 83.6 Å². The van der Waals surface area contributed by atoms with Crippen molar-refractivity contribution < 1.29 is 39.2 Å². The van der Waals surface area contributed by atoms with Gasteiger partial charge in [0.2, 0.25) is 5.91 Å². The number of hydrogen-bond acceptors (Lipinski definition) is 28. The van der Waals surface area contributed by atoms with Gasteiger partial charge >= 0.3 is 5.97 Å². The summed E-state index contributed by atoms with van der Waals surface area (Å²) in [7, 11) is 0. The Balaban J connectivity index is 0.000000141. The average molecular weight is 1850 g/mol. The molecule has 0 radical (unpaired) electrons. The van der Waals surface area contributed by atoms with Gasteiger partial charge in [0.25, 0.3) is 27.8 Å². The maximum atomic E-state index is 12.6. The number of carbonyl (C=O) groups excluding carboxylic acids is 2. The molecule has 1 aliphatic heterocycles. The smallest absolute Gasteiger partial charge is 0.319 e. The van der Waals surface area contributed by atoms with E-state index in [-0.39, 0.29) is 57.2 Å². The number of para-hydroxylation sites is 3. The minimum absolute atomic E-state index is 0.0112. The van der Waals surface area contributed by atoms with Crippen molar-refractivity contribution in [3.05, 3.63) is 230 Å². The van der Waals surface area contributed by atoms with Crippen molar-refractivity contribution in [1.29, 1.82) is 0 Å². The summed E-state index contributed by atoms with van der Waals surface area (Å²) in [6.07, 6.45) is 9.28. The third-order valence-electron chi connectivity index (χ3n) is 17.9. The second-order valence-corrected chi connectivity index (χ2v) is 35.1. The van der Waals surface area contributed by atoms with E-state index >= 15 is 0 Å². The highest BCUT2D eigenvalue weighted by molar-refractivity contribution is 8.01. The Hall–Kier alpha value is -10.8. The number of aliphatic hydroxyl groups is 2. The van der Waals surface area contributed by atoms with Crippen molar-refractivity contribution in [2.75, 3.05) is 70.8 Å². The number of ether oxygens (including phenoxy) is 2. The zero-order valence-electron chi connectivity index (χ0n) is 65.8. The van der Waals surface area contributed by atoms with Gasteiger partial charge in [-0.05, 0) is 126 Å². The van der Waals surface area contributed by atoms with Crippen LogP contribution in [0.3, 0.4) is 0 Å². The number of nitrogens with zero attached hydrogens (tertiary/aromatic N) is 16. The number of morpholine rings is 1. The highest BCUT2D eigenvalue weighted by atomic mass is 35.5. The van der Waals surface area contributed by atoms with Crippen LogP contribution in [0.2, 0.25) is 20.1 Å². The van der Waals surface area contributed by atoms with E-state index in [1.165, 1.54) is 66.3 Å². The minimum Gasteiger partial charge on any atom is -0.480 e. The fraction of sp³-hybridized carbons (Fsp3) is 0.266. The molecule has 2 atom stereocenters. The normalized spacial score (nSPS) is 12.7. The van der Waals surface area contributed by atoms with Crippen LogP contribution in [0.5, 0.6) is 0 Å². The van der Waals surface area contributed by atoms with E-state index in [1.54, 1.807) is 92.7 Å². The van der Waals surface area contributed by atoms with E-state index in [1.807, 2.05) is 85.8 Å². The second-order valence-electron chi connectivity index (χ2n) is 27.0. The largest absolute Gasteiger partial charge is 0.480 e. The van der Waals surface area contributed by atoms with Gasteiger partial charge in [-0.2, -0.15) is 25.5 Å². The predicted molar refractivity (Wildman–Crippen MR) is 477 cm³/mol.